The van der Waals surface area contributed by atoms with Crippen LogP contribution in [-0.2, 0) is 11.8 Å². The van der Waals surface area contributed by atoms with Gasteiger partial charge in [0.05, 0.1) is 30.3 Å². The average molecular weight is 459 g/mol. The highest BCUT2D eigenvalue weighted by molar-refractivity contribution is 5.75. The van der Waals surface area contributed by atoms with Crippen LogP contribution in [0.4, 0.5) is 5.69 Å². The molecule has 0 amide bonds. The van der Waals surface area contributed by atoms with Crippen molar-refractivity contribution in [3.05, 3.63) is 93.2 Å². The van der Waals surface area contributed by atoms with Crippen LogP contribution < -0.4 is 9.47 Å². The topological polar surface area (TPSA) is 131 Å². The summed E-state index contributed by atoms with van der Waals surface area (Å²) in [4.78, 5) is 11.9. The van der Waals surface area contributed by atoms with Crippen LogP contribution in [0.5, 0.6) is 23.0 Å². The zero-order valence-electron chi connectivity index (χ0n) is 18.4. The molecule has 1 aliphatic carbocycles. The first-order valence-corrected chi connectivity index (χ1v) is 10.5. The standard InChI is InChI=1S/C25H21N3O6/c1-33-22-11-16(3-5-20(22)29)25(17-4-6-21(30)23(12-17)34-2)13-15-9-14(19-7-8-26-27-19)10-18(25)24(15)28(31)32/h3-12,29-30H,13H2,1-2H3,(H,26,27). The molecule has 0 fully saturated rings. The minimum Gasteiger partial charge on any atom is -0.504 e. The largest absolute Gasteiger partial charge is 0.504 e. The van der Waals surface area contributed by atoms with Crippen LogP contribution in [0.3, 0.4) is 0 Å². The number of rotatable bonds is 6. The molecule has 3 N–H and O–H groups in total. The fourth-order valence-electron chi connectivity index (χ4n) is 4.89. The van der Waals surface area contributed by atoms with Crippen LogP contribution in [-0.4, -0.2) is 39.6 Å². The van der Waals surface area contributed by atoms with E-state index in [9.17, 15) is 20.3 Å². The van der Waals surface area contributed by atoms with E-state index in [4.69, 9.17) is 9.47 Å². The first-order chi connectivity index (χ1) is 16.4. The Kier molecular flexibility index (Phi) is 4.89. The number of aromatic hydroxyl groups is 2. The summed E-state index contributed by atoms with van der Waals surface area (Å²) in [5.74, 6) is 0.415. The van der Waals surface area contributed by atoms with E-state index >= 15 is 0 Å². The maximum Gasteiger partial charge on any atom is 0.277 e. The maximum atomic E-state index is 12.2. The highest BCUT2D eigenvalue weighted by Gasteiger charge is 2.49. The van der Waals surface area contributed by atoms with Crippen molar-refractivity contribution < 1.29 is 24.6 Å². The van der Waals surface area contributed by atoms with Gasteiger partial charge >= 0.3 is 0 Å². The Morgan fingerprint density at radius 1 is 0.971 bits per heavy atom. The van der Waals surface area contributed by atoms with Crippen LogP contribution in [0.1, 0.15) is 22.3 Å². The minimum absolute atomic E-state index is 0.0263. The average Bonchev–Trinajstić information content (AvgIpc) is 3.44. The number of hydrogen-bond donors (Lipinski definition) is 3. The third kappa shape index (κ3) is 3.05. The van der Waals surface area contributed by atoms with Crippen molar-refractivity contribution in [1.82, 2.24) is 10.2 Å². The van der Waals surface area contributed by atoms with E-state index in [1.54, 1.807) is 48.7 Å². The number of methoxy groups -OCH3 is 2. The second-order valence-electron chi connectivity index (χ2n) is 8.10. The molecule has 0 unspecified atom stereocenters. The lowest BCUT2D eigenvalue weighted by Crippen LogP contribution is -2.28. The van der Waals surface area contributed by atoms with E-state index < -0.39 is 5.41 Å². The number of aromatic nitrogens is 2. The second kappa shape index (κ2) is 7.80. The Hall–Kier alpha value is -4.53. The van der Waals surface area contributed by atoms with Gasteiger partial charge in [-0.3, -0.25) is 15.2 Å². The molecule has 1 aliphatic rings. The molecular formula is C25H21N3O6. The summed E-state index contributed by atoms with van der Waals surface area (Å²) in [6.07, 6.45) is 1.97. The number of nitrogens with zero attached hydrogens (tertiary/aromatic N) is 2. The number of H-pyrrole nitrogens is 1. The lowest BCUT2D eigenvalue weighted by Gasteiger charge is -2.31. The maximum absolute atomic E-state index is 12.2. The Balaban J connectivity index is 1.86. The monoisotopic (exact) mass is 459 g/mol. The molecule has 9 nitrogen and oxygen atoms in total. The molecule has 4 aromatic rings. The van der Waals surface area contributed by atoms with Gasteiger partial charge in [-0.25, -0.2) is 0 Å². The van der Waals surface area contributed by atoms with E-state index in [0.717, 1.165) is 5.56 Å². The summed E-state index contributed by atoms with van der Waals surface area (Å²) in [6, 6.07) is 15.2. The van der Waals surface area contributed by atoms with Gasteiger partial charge in [-0.05, 0) is 60.0 Å². The van der Waals surface area contributed by atoms with Crippen LogP contribution in [0.25, 0.3) is 11.3 Å². The molecule has 9 heteroatoms. The smallest absolute Gasteiger partial charge is 0.277 e. The number of phenolic OH excluding ortho intramolecular Hbond substituents is 2. The van der Waals surface area contributed by atoms with Crippen molar-refractivity contribution in [2.75, 3.05) is 14.2 Å². The Morgan fingerprint density at radius 3 is 2.09 bits per heavy atom. The van der Waals surface area contributed by atoms with Crippen molar-refractivity contribution in [1.29, 1.82) is 0 Å². The fourth-order valence-corrected chi connectivity index (χ4v) is 4.89. The van der Waals surface area contributed by atoms with Crippen LogP contribution in [0.2, 0.25) is 0 Å². The predicted octanol–water partition coefficient (Wildman–Crippen LogP) is 4.30. The first-order valence-electron chi connectivity index (χ1n) is 10.5. The zero-order valence-corrected chi connectivity index (χ0v) is 18.4. The van der Waals surface area contributed by atoms with Crippen molar-refractivity contribution in [2.24, 2.45) is 0 Å². The van der Waals surface area contributed by atoms with Gasteiger partial charge in [0.15, 0.2) is 23.0 Å². The molecule has 3 aromatic carbocycles. The van der Waals surface area contributed by atoms with Gasteiger partial charge in [-0.15, -0.1) is 0 Å². The zero-order chi connectivity index (χ0) is 24.0. The molecule has 172 valence electrons. The van der Waals surface area contributed by atoms with E-state index in [1.165, 1.54) is 26.4 Å². The van der Waals surface area contributed by atoms with Crippen LogP contribution in [0, 0.1) is 10.1 Å². The predicted molar refractivity (Wildman–Crippen MR) is 124 cm³/mol. The number of phenols is 2. The van der Waals surface area contributed by atoms with Crippen molar-refractivity contribution >= 4 is 5.69 Å². The molecule has 1 heterocycles. The highest BCUT2D eigenvalue weighted by Crippen LogP contribution is 2.55. The lowest BCUT2D eigenvalue weighted by atomic mass is 9.70. The van der Waals surface area contributed by atoms with Crippen LogP contribution >= 0.6 is 0 Å². The summed E-state index contributed by atoms with van der Waals surface area (Å²) in [7, 11) is 2.89. The summed E-state index contributed by atoms with van der Waals surface area (Å²) < 4.78 is 10.7. The number of nitrogens with one attached hydrogen (secondary N) is 1. The van der Waals surface area contributed by atoms with E-state index in [0.29, 0.717) is 27.9 Å². The third-order valence-corrected chi connectivity index (χ3v) is 6.43. The van der Waals surface area contributed by atoms with E-state index in [1.807, 2.05) is 0 Å². The number of hydrogen-bond acceptors (Lipinski definition) is 7. The van der Waals surface area contributed by atoms with Gasteiger partial charge in [0.1, 0.15) is 0 Å². The third-order valence-electron chi connectivity index (χ3n) is 6.43. The second-order valence-corrected chi connectivity index (χ2v) is 8.10. The van der Waals surface area contributed by atoms with Gasteiger partial charge in [-0.2, -0.15) is 5.10 Å². The Labute approximate surface area is 194 Å². The molecule has 1 aromatic heterocycles. The minimum atomic E-state index is -1.01. The Bertz CT molecular complexity index is 1360. The molecule has 2 bridgehead atoms. The number of fused-ring (bicyclic) bond motifs is 2. The Morgan fingerprint density at radius 2 is 1.59 bits per heavy atom. The summed E-state index contributed by atoms with van der Waals surface area (Å²) >= 11 is 0. The quantitative estimate of drug-likeness (QED) is 0.289. The molecule has 0 saturated heterocycles. The lowest BCUT2D eigenvalue weighted by molar-refractivity contribution is -0.385. The molecule has 0 spiro atoms. The summed E-state index contributed by atoms with van der Waals surface area (Å²) in [5, 5.41) is 39.7. The van der Waals surface area contributed by atoms with Crippen molar-refractivity contribution in [3.63, 3.8) is 0 Å². The van der Waals surface area contributed by atoms with E-state index in [2.05, 4.69) is 10.2 Å². The summed E-state index contributed by atoms with van der Waals surface area (Å²) in [5.41, 5.74) is 2.84. The number of aromatic amines is 1. The fraction of sp³-hybridized carbons (Fsp3) is 0.160. The molecular weight excluding hydrogens is 438 g/mol. The van der Waals surface area contributed by atoms with Crippen LogP contribution in [0.15, 0.2) is 60.8 Å². The van der Waals surface area contributed by atoms with Gasteiger partial charge < -0.3 is 19.7 Å². The van der Waals surface area contributed by atoms with Gasteiger partial charge in [0.2, 0.25) is 0 Å². The van der Waals surface area contributed by atoms with E-state index in [-0.39, 0.29) is 40.0 Å². The van der Waals surface area contributed by atoms with Crippen molar-refractivity contribution in [2.45, 2.75) is 11.8 Å². The molecule has 34 heavy (non-hydrogen) atoms. The number of nitro benzene ring substituents is 1. The summed E-state index contributed by atoms with van der Waals surface area (Å²) in [6.45, 7) is 0. The highest BCUT2D eigenvalue weighted by atomic mass is 16.6. The van der Waals surface area contributed by atoms with Gasteiger partial charge in [-0.1, -0.05) is 12.1 Å². The first kappa shape index (κ1) is 21.3. The SMILES string of the molecule is COc1cc(C2(c3ccc(O)c(OC)c3)Cc3cc(-c4cc[nH]n4)cc2c3[N+](=O)[O-])ccc1O. The molecule has 0 aliphatic heterocycles. The number of benzene rings is 3. The molecule has 5 rings (SSSR count). The number of ether oxygens (including phenoxy) is 2. The number of nitro groups is 1. The molecule has 0 saturated carbocycles. The van der Waals surface area contributed by atoms with Gasteiger partial charge in [0.25, 0.3) is 5.69 Å². The van der Waals surface area contributed by atoms with Crippen molar-refractivity contribution in [3.8, 4) is 34.3 Å². The van der Waals surface area contributed by atoms with Gasteiger partial charge in [0, 0.05) is 22.9 Å². The molecule has 0 atom stereocenters. The normalized spacial score (nSPS) is 13.6. The molecule has 0 radical (unpaired) electrons.